The van der Waals surface area contributed by atoms with Crippen molar-refractivity contribution in [2.45, 2.75) is 82.4 Å². The van der Waals surface area contributed by atoms with E-state index in [1.165, 1.54) is 81.1 Å². The van der Waals surface area contributed by atoms with Gasteiger partial charge in [-0.05, 0) is 90.6 Å². The van der Waals surface area contributed by atoms with Crippen molar-refractivity contribution in [3.8, 4) is 0 Å². The number of alkyl halides is 1. The first-order valence-corrected chi connectivity index (χ1v) is 16.8. The van der Waals surface area contributed by atoms with E-state index in [0.717, 1.165) is 12.8 Å². The topological polar surface area (TPSA) is 6.25 Å². The zero-order chi connectivity index (χ0) is 30.1. The molecule has 0 radical (unpaired) electrons. The molecule has 1 aliphatic carbocycles. The third-order valence-electron chi connectivity index (χ3n) is 11.3. The van der Waals surface area contributed by atoms with E-state index < -0.39 is 0 Å². The van der Waals surface area contributed by atoms with Gasteiger partial charge >= 0.3 is 0 Å². The van der Waals surface area contributed by atoms with Crippen molar-refractivity contribution < 1.29 is 4.58 Å². The Kier molecular flexibility index (Phi) is 7.01. The number of rotatable bonds is 5. The summed E-state index contributed by atoms with van der Waals surface area (Å²) in [6, 6.07) is 26.9. The van der Waals surface area contributed by atoms with Gasteiger partial charge in [0, 0.05) is 47.3 Å². The molecule has 3 aliphatic rings. The van der Waals surface area contributed by atoms with Crippen molar-refractivity contribution in [3.63, 3.8) is 0 Å². The normalized spacial score (nSPS) is 25.1. The van der Waals surface area contributed by atoms with Crippen molar-refractivity contribution in [1.29, 1.82) is 0 Å². The van der Waals surface area contributed by atoms with Crippen LogP contribution >= 0.6 is 11.6 Å². The van der Waals surface area contributed by atoms with E-state index in [9.17, 15) is 0 Å². The van der Waals surface area contributed by atoms with Crippen LogP contribution in [0.25, 0.3) is 21.5 Å². The molecule has 2 nitrogen and oxygen atoms in total. The first kappa shape index (κ1) is 28.7. The molecule has 0 amide bonds. The molecule has 3 heteroatoms. The number of fused-ring (bicyclic) bond motifs is 6. The fourth-order valence-electron chi connectivity index (χ4n) is 9.13. The highest BCUT2D eigenvalue weighted by Gasteiger charge is 2.46. The van der Waals surface area contributed by atoms with Crippen molar-refractivity contribution in [1.82, 2.24) is 0 Å². The number of benzene rings is 4. The Bertz CT molecular complexity index is 1790. The second kappa shape index (κ2) is 10.5. The fourth-order valence-corrected chi connectivity index (χ4v) is 9.61. The number of allylic oxidation sites excluding steroid dienone is 2. The molecule has 0 bridgehead atoms. The Morgan fingerprint density at radius 3 is 2.16 bits per heavy atom. The van der Waals surface area contributed by atoms with Gasteiger partial charge in [0.05, 0.1) is 5.41 Å². The van der Waals surface area contributed by atoms with E-state index in [0.29, 0.717) is 11.8 Å². The quantitative estimate of drug-likeness (QED) is 0.166. The summed E-state index contributed by atoms with van der Waals surface area (Å²) < 4.78 is 2.48. The van der Waals surface area contributed by atoms with Crippen LogP contribution < -0.4 is 4.90 Å². The van der Waals surface area contributed by atoms with Gasteiger partial charge < -0.3 is 4.90 Å². The monoisotopic (exact) mass is 589 g/mol. The molecule has 4 aromatic carbocycles. The van der Waals surface area contributed by atoms with Gasteiger partial charge in [0.15, 0.2) is 5.71 Å². The highest BCUT2D eigenvalue weighted by molar-refractivity contribution is 6.21. The van der Waals surface area contributed by atoms with Crippen LogP contribution in [0.15, 0.2) is 84.6 Å². The molecule has 222 valence electrons. The Balaban J connectivity index is 1.08. The molecule has 3 unspecified atom stereocenters. The van der Waals surface area contributed by atoms with Crippen molar-refractivity contribution in [2.75, 3.05) is 19.0 Å². The average Bonchev–Trinajstić information content (AvgIpc) is 3.33. The average molecular weight is 590 g/mol. The highest BCUT2D eigenvalue weighted by atomic mass is 35.5. The summed E-state index contributed by atoms with van der Waals surface area (Å²) in [5.74, 6) is 1.09. The lowest BCUT2D eigenvalue weighted by Gasteiger charge is -2.35. The zero-order valence-corrected chi connectivity index (χ0v) is 27.5. The molecule has 0 spiro atoms. The number of nitrogens with zero attached hydrogens (tertiary/aromatic N) is 2. The number of anilines is 1. The second-order valence-corrected chi connectivity index (χ2v) is 14.9. The van der Waals surface area contributed by atoms with Gasteiger partial charge in [0.2, 0.25) is 5.69 Å². The molecule has 7 rings (SSSR count). The predicted molar refractivity (Wildman–Crippen MR) is 186 cm³/mol. The van der Waals surface area contributed by atoms with E-state index in [4.69, 9.17) is 11.6 Å². The van der Waals surface area contributed by atoms with Crippen molar-refractivity contribution in [3.05, 3.63) is 95.7 Å². The first-order chi connectivity index (χ1) is 20.6. The van der Waals surface area contributed by atoms with Crippen LogP contribution in [-0.4, -0.2) is 29.8 Å². The maximum Gasteiger partial charge on any atom is 0.209 e. The standard InChI is InChI=1S/C40H46ClN2/c1-39(2)34(42(5)32-22-18-26-12-7-9-16-30(26)36(32)39)24-20-28-14-11-15-29(38(28)41)21-25-35-40(3,4)37-31-17-10-8-13-27(31)19-23-33(37)43(35)6/h7-10,12-13,16-19,22-24,28-29,38H,11,14-15,20-21,25H2,1-6H3/q+1/b34-24+. The third-order valence-corrected chi connectivity index (χ3v) is 12.0. The molecule has 4 aromatic rings. The molecule has 0 aromatic heterocycles. The molecule has 2 aliphatic heterocycles. The number of hydrogen-bond donors (Lipinski definition) is 0. The minimum absolute atomic E-state index is 0.0169. The van der Waals surface area contributed by atoms with E-state index in [1.807, 2.05) is 0 Å². The van der Waals surface area contributed by atoms with Gasteiger partial charge in [-0.15, -0.1) is 11.6 Å². The van der Waals surface area contributed by atoms with E-state index in [1.54, 1.807) is 0 Å². The van der Waals surface area contributed by atoms with Gasteiger partial charge in [-0.3, -0.25) is 0 Å². The maximum absolute atomic E-state index is 7.40. The number of likely N-dealkylation sites (N-methyl/N-ethyl adjacent to an activating group) is 1. The lowest BCUT2D eigenvalue weighted by atomic mass is 9.73. The fraction of sp³-hybridized carbons (Fsp3) is 0.425. The highest BCUT2D eigenvalue weighted by Crippen LogP contribution is 2.51. The minimum atomic E-state index is -0.0325. The Hall–Kier alpha value is -3.10. The lowest BCUT2D eigenvalue weighted by Crippen LogP contribution is -2.33. The molecule has 1 saturated carbocycles. The van der Waals surface area contributed by atoms with Crippen LogP contribution in [0.3, 0.4) is 0 Å². The van der Waals surface area contributed by atoms with Crippen molar-refractivity contribution >= 4 is 50.2 Å². The predicted octanol–water partition coefficient (Wildman–Crippen LogP) is 10.5. The second-order valence-electron chi connectivity index (χ2n) is 14.4. The summed E-state index contributed by atoms with van der Waals surface area (Å²) in [6.45, 7) is 9.64. The van der Waals surface area contributed by atoms with E-state index in [2.05, 4.69) is 130 Å². The maximum atomic E-state index is 7.40. The van der Waals surface area contributed by atoms with E-state index >= 15 is 0 Å². The number of hydrogen-bond acceptors (Lipinski definition) is 1. The SMILES string of the molecule is CN1/C(=C/CC2CCCC(CCC3=[N+](C)c4ccc5ccccc5c4C3(C)C)C2Cl)C(C)(C)c2c1ccc1ccccc21. The van der Waals surface area contributed by atoms with Gasteiger partial charge in [-0.2, -0.15) is 0 Å². The summed E-state index contributed by atoms with van der Waals surface area (Å²) in [4.78, 5) is 2.43. The first-order valence-electron chi connectivity index (χ1n) is 16.3. The largest absolute Gasteiger partial charge is 0.347 e. The van der Waals surface area contributed by atoms with Crippen molar-refractivity contribution in [2.24, 2.45) is 11.8 Å². The Morgan fingerprint density at radius 1 is 0.814 bits per heavy atom. The lowest BCUT2D eigenvalue weighted by molar-refractivity contribution is -0.404. The Labute approximate surface area is 263 Å². The molecular weight excluding hydrogens is 544 g/mol. The van der Waals surface area contributed by atoms with Crippen LogP contribution in [0.1, 0.15) is 77.3 Å². The van der Waals surface area contributed by atoms with Crippen LogP contribution in [-0.2, 0) is 10.8 Å². The summed E-state index contributed by atoms with van der Waals surface area (Å²) in [5.41, 5.74) is 8.58. The molecular formula is C40H46ClN2+. The van der Waals surface area contributed by atoms with Crippen LogP contribution in [0.4, 0.5) is 11.4 Å². The summed E-state index contributed by atoms with van der Waals surface area (Å²) in [5, 5.41) is 5.65. The van der Waals surface area contributed by atoms with Crippen LogP contribution in [0.5, 0.6) is 0 Å². The zero-order valence-electron chi connectivity index (χ0n) is 26.8. The smallest absolute Gasteiger partial charge is 0.209 e. The van der Waals surface area contributed by atoms with Crippen LogP contribution in [0.2, 0.25) is 0 Å². The van der Waals surface area contributed by atoms with Gasteiger partial charge in [0.25, 0.3) is 0 Å². The molecule has 3 atom stereocenters. The summed E-state index contributed by atoms with van der Waals surface area (Å²) in [6.07, 6.45) is 9.61. The summed E-state index contributed by atoms with van der Waals surface area (Å²) in [7, 11) is 4.52. The molecule has 1 fully saturated rings. The molecule has 2 heterocycles. The number of halogens is 1. The molecule has 43 heavy (non-hydrogen) atoms. The summed E-state index contributed by atoms with van der Waals surface area (Å²) >= 11 is 7.40. The molecule has 0 saturated heterocycles. The van der Waals surface area contributed by atoms with Gasteiger partial charge in [-0.25, -0.2) is 4.58 Å². The molecule has 0 N–H and O–H groups in total. The van der Waals surface area contributed by atoms with Gasteiger partial charge in [-0.1, -0.05) is 80.9 Å². The van der Waals surface area contributed by atoms with Gasteiger partial charge in [0.1, 0.15) is 7.05 Å². The van der Waals surface area contributed by atoms with Crippen LogP contribution in [0, 0.1) is 11.8 Å². The minimum Gasteiger partial charge on any atom is -0.347 e. The third kappa shape index (κ3) is 4.47. The van der Waals surface area contributed by atoms with E-state index in [-0.39, 0.29) is 16.2 Å². The Morgan fingerprint density at radius 2 is 1.44 bits per heavy atom.